The van der Waals surface area contributed by atoms with E-state index in [1.807, 2.05) is 19.1 Å². The van der Waals surface area contributed by atoms with E-state index in [0.717, 1.165) is 5.56 Å². The highest BCUT2D eigenvalue weighted by molar-refractivity contribution is 6.48. The van der Waals surface area contributed by atoms with Crippen LogP contribution in [0.1, 0.15) is 34.5 Å². The van der Waals surface area contributed by atoms with Gasteiger partial charge in [-0.2, -0.15) is 5.10 Å². The SMILES string of the molecule is CC(=O)N1CC(c2ccco2)C(C(=O)c2ccc(C)cc2)=N1. The van der Waals surface area contributed by atoms with Gasteiger partial charge in [0.05, 0.1) is 18.7 Å². The number of amides is 1. The summed E-state index contributed by atoms with van der Waals surface area (Å²) in [5.74, 6) is -0.0518. The number of hydrogen-bond acceptors (Lipinski definition) is 4. The summed E-state index contributed by atoms with van der Waals surface area (Å²) in [6.45, 7) is 3.72. The minimum atomic E-state index is -0.326. The fourth-order valence-electron chi connectivity index (χ4n) is 2.47. The molecule has 1 unspecified atom stereocenters. The number of benzene rings is 1. The summed E-state index contributed by atoms with van der Waals surface area (Å²) in [6, 6.07) is 10.9. The van der Waals surface area contributed by atoms with Gasteiger partial charge >= 0.3 is 0 Å². The third-order valence-electron chi connectivity index (χ3n) is 3.71. The molecule has 0 aliphatic carbocycles. The number of nitrogens with zero attached hydrogens (tertiary/aromatic N) is 2. The van der Waals surface area contributed by atoms with Crippen LogP contribution in [0.15, 0.2) is 52.2 Å². The monoisotopic (exact) mass is 296 g/mol. The Balaban J connectivity index is 1.96. The molecule has 2 aromatic rings. The molecule has 0 radical (unpaired) electrons. The van der Waals surface area contributed by atoms with Crippen LogP contribution in [0.2, 0.25) is 0 Å². The van der Waals surface area contributed by atoms with Crippen molar-refractivity contribution in [2.45, 2.75) is 19.8 Å². The van der Waals surface area contributed by atoms with Crippen molar-refractivity contribution in [2.24, 2.45) is 5.10 Å². The Labute approximate surface area is 128 Å². The number of carbonyl (C=O) groups is 2. The van der Waals surface area contributed by atoms with Crippen LogP contribution in [-0.2, 0) is 4.79 Å². The molecule has 1 aromatic carbocycles. The average molecular weight is 296 g/mol. The molecule has 0 bridgehead atoms. The van der Waals surface area contributed by atoms with Crippen molar-refractivity contribution in [2.75, 3.05) is 6.54 Å². The Morgan fingerprint density at radius 3 is 2.55 bits per heavy atom. The van der Waals surface area contributed by atoms with Crippen LogP contribution in [0.3, 0.4) is 0 Å². The number of hydrogen-bond donors (Lipinski definition) is 0. The number of Topliss-reactive ketones (excluding diaryl/α,β-unsaturated/α-hetero) is 1. The zero-order chi connectivity index (χ0) is 15.7. The topological polar surface area (TPSA) is 62.9 Å². The van der Waals surface area contributed by atoms with Crippen molar-refractivity contribution in [3.8, 4) is 0 Å². The van der Waals surface area contributed by atoms with Gasteiger partial charge in [-0.3, -0.25) is 9.59 Å². The molecule has 5 nitrogen and oxygen atoms in total. The Kier molecular flexibility index (Phi) is 3.63. The maximum Gasteiger partial charge on any atom is 0.239 e. The summed E-state index contributed by atoms with van der Waals surface area (Å²) >= 11 is 0. The second-order valence-electron chi connectivity index (χ2n) is 5.35. The molecular formula is C17H16N2O3. The zero-order valence-electron chi connectivity index (χ0n) is 12.4. The van der Waals surface area contributed by atoms with E-state index in [-0.39, 0.29) is 17.6 Å². The van der Waals surface area contributed by atoms with Gasteiger partial charge in [0, 0.05) is 12.5 Å². The summed E-state index contributed by atoms with van der Waals surface area (Å²) in [5.41, 5.74) is 1.98. The molecule has 0 saturated heterocycles. The summed E-state index contributed by atoms with van der Waals surface area (Å²) in [4.78, 5) is 24.3. The Morgan fingerprint density at radius 1 is 1.23 bits per heavy atom. The zero-order valence-corrected chi connectivity index (χ0v) is 12.4. The second kappa shape index (κ2) is 5.60. The molecule has 0 N–H and O–H groups in total. The normalized spacial score (nSPS) is 17.5. The molecule has 1 aliphatic heterocycles. The van der Waals surface area contributed by atoms with Crippen molar-refractivity contribution in [1.82, 2.24) is 5.01 Å². The molecule has 1 aromatic heterocycles. The molecular weight excluding hydrogens is 280 g/mol. The molecule has 5 heteroatoms. The third-order valence-corrected chi connectivity index (χ3v) is 3.71. The lowest BCUT2D eigenvalue weighted by Crippen LogP contribution is -2.24. The summed E-state index contributed by atoms with van der Waals surface area (Å²) in [7, 11) is 0. The number of hydrazone groups is 1. The molecule has 2 heterocycles. The van der Waals surface area contributed by atoms with Crippen LogP contribution in [0, 0.1) is 6.92 Å². The Morgan fingerprint density at radius 2 is 1.95 bits per heavy atom. The quantitative estimate of drug-likeness (QED) is 0.818. The van der Waals surface area contributed by atoms with Gasteiger partial charge in [0.15, 0.2) is 0 Å². The predicted molar refractivity (Wildman–Crippen MR) is 81.8 cm³/mol. The number of rotatable bonds is 3. The number of furan rings is 1. The first-order chi connectivity index (χ1) is 10.6. The Bertz CT molecular complexity index is 730. The van der Waals surface area contributed by atoms with Crippen molar-refractivity contribution in [3.05, 3.63) is 59.5 Å². The van der Waals surface area contributed by atoms with Gasteiger partial charge in [0.2, 0.25) is 11.7 Å². The molecule has 1 atom stereocenters. The molecule has 0 fully saturated rings. The fraction of sp³-hybridized carbons (Fsp3) is 0.235. The lowest BCUT2D eigenvalue weighted by atomic mass is 9.94. The number of carbonyl (C=O) groups excluding carboxylic acids is 2. The van der Waals surface area contributed by atoms with Gasteiger partial charge in [-0.05, 0) is 19.1 Å². The number of aryl methyl sites for hydroxylation is 1. The van der Waals surface area contributed by atoms with E-state index in [9.17, 15) is 9.59 Å². The molecule has 0 saturated carbocycles. The first-order valence-electron chi connectivity index (χ1n) is 7.07. The highest BCUT2D eigenvalue weighted by atomic mass is 16.3. The largest absolute Gasteiger partial charge is 0.469 e. The van der Waals surface area contributed by atoms with Crippen LogP contribution in [0.4, 0.5) is 0 Å². The van der Waals surface area contributed by atoms with Gasteiger partial charge in [-0.25, -0.2) is 5.01 Å². The van der Waals surface area contributed by atoms with Gasteiger partial charge in [-0.15, -0.1) is 0 Å². The van der Waals surface area contributed by atoms with Crippen LogP contribution < -0.4 is 0 Å². The summed E-state index contributed by atoms with van der Waals surface area (Å²) in [5, 5.41) is 5.53. The van der Waals surface area contributed by atoms with Crippen LogP contribution in [0.25, 0.3) is 0 Å². The minimum absolute atomic E-state index is 0.176. The van der Waals surface area contributed by atoms with E-state index >= 15 is 0 Å². The lowest BCUT2D eigenvalue weighted by molar-refractivity contribution is -0.128. The van der Waals surface area contributed by atoms with E-state index < -0.39 is 0 Å². The third kappa shape index (κ3) is 2.57. The van der Waals surface area contributed by atoms with Gasteiger partial charge < -0.3 is 4.42 Å². The smallest absolute Gasteiger partial charge is 0.239 e. The van der Waals surface area contributed by atoms with Crippen LogP contribution >= 0.6 is 0 Å². The van der Waals surface area contributed by atoms with Crippen molar-refractivity contribution >= 4 is 17.4 Å². The highest BCUT2D eigenvalue weighted by Gasteiger charge is 2.36. The van der Waals surface area contributed by atoms with E-state index in [2.05, 4.69) is 5.10 Å². The van der Waals surface area contributed by atoms with Crippen molar-refractivity contribution in [3.63, 3.8) is 0 Å². The first-order valence-corrected chi connectivity index (χ1v) is 7.07. The van der Waals surface area contributed by atoms with E-state index in [4.69, 9.17) is 4.42 Å². The van der Waals surface area contributed by atoms with Crippen molar-refractivity contribution in [1.29, 1.82) is 0 Å². The highest BCUT2D eigenvalue weighted by Crippen LogP contribution is 2.27. The van der Waals surface area contributed by atoms with Crippen LogP contribution in [-0.4, -0.2) is 29.0 Å². The maximum absolute atomic E-state index is 12.7. The van der Waals surface area contributed by atoms with Gasteiger partial charge in [0.1, 0.15) is 11.5 Å². The minimum Gasteiger partial charge on any atom is -0.469 e. The molecule has 112 valence electrons. The van der Waals surface area contributed by atoms with E-state index in [1.165, 1.54) is 11.9 Å². The average Bonchev–Trinajstić information content (AvgIpc) is 3.16. The first kappa shape index (κ1) is 14.3. The molecule has 1 amide bonds. The molecule has 3 rings (SSSR count). The second-order valence-corrected chi connectivity index (χ2v) is 5.35. The summed E-state index contributed by atoms with van der Waals surface area (Å²) in [6.07, 6.45) is 1.56. The van der Waals surface area contributed by atoms with E-state index in [1.54, 1.807) is 30.5 Å². The van der Waals surface area contributed by atoms with Gasteiger partial charge in [-0.1, -0.05) is 29.8 Å². The lowest BCUT2D eigenvalue weighted by Gasteiger charge is -2.10. The number of ketones is 1. The molecule has 0 spiro atoms. The predicted octanol–water partition coefficient (Wildman–Crippen LogP) is 2.77. The van der Waals surface area contributed by atoms with Gasteiger partial charge in [0.25, 0.3) is 0 Å². The molecule has 22 heavy (non-hydrogen) atoms. The van der Waals surface area contributed by atoms with Crippen LogP contribution in [0.5, 0.6) is 0 Å². The molecule has 1 aliphatic rings. The summed E-state index contributed by atoms with van der Waals surface area (Å²) < 4.78 is 5.41. The Hall–Kier alpha value is -2.69. The van der Waals surface area contributed by atoms with Crippen molar-refractivity contribution < 1.29 is 14.0 Å². The maximum atomic E-state index is 12.7. The standard InChI is InChI=1S/C17H16N2O3/c1-11-5-7-13(8-6-11)17(21)16-14(15-4-3-9-22-15)10-19(18-16)12(2)20/h3-9,14H,10H2,1-2H3. The fourth-order valence-corrected chi connectivity index (χ4v) is 2.47. The van der Waals surface area contributed by atoms with E-state index in [0.29, 0.717) is 23.6 Å².